The van der Waals surface area contributed by atoms with Crippen molar-refractivity contribution < 1.29 is 46.2 Å². The summed E-state index contributed by atoms with van der Waals surface area (Å²) in [6.07, 6.45) is 0.939. The van der Waals surface area contributed by atoms with Crippen LogP contribution in [0.4, 0.5) is 33.3 Å². The van der Waals surface area contributed by atoms with Gasteiger partial charge in [0.2, 0.25) is 17.6 Å². The van der Waals surface area contributed by atoms with E-state index in [1.165, 1.54) is 36.4 Å². The number of alkyl halides is 2. The highest BCUT2D eigenvalue weighted by atomic mass is 35.5. The summed E-state index contributed by atoms with van der Waals surface area (Å²) in [6.45, 7) is 1.73. The number of phenols is 1. The maximum Gasteiger partial charge on any atom is 0.258 e. The van der Waals surface area contributed by atoms with Gasteiger partial charge in [0.05, 0.1) is 17.5 Å². The smallest absolute Gasteiger partial charge is 0.258 e. The standard InChI is InChI=1S/C33H20Cl3F5N2O5/c1-12-2-5-14(10-19(12)34)42-28(45)17-9-8-16-18(20(17)29(42)46)11-32(35)30(47)43(27-25(40)23(38)22(37)24(39)26(27)41)31(48)33(32,36)21(16)13-3-6-15(44)7-4-13/h2-8,10,17-18,20-21,44H,9,11H2,1H3/t17-,18+,20-,21-,32+,33-/m0/s1. The number of phenolic OH excluding ortho intramolecular Hbond substituents is 1. The van der Waals surface area contributed by atoms with E-state index < -0.39 is 98.2 Å². The molecule has 2 saturated heterocycles. The van der Waals surface area contributed by atoms with Gasteiger partial charge in [0.15, 0.2) is 33.0 Å². The molecule has 2 aliphatic heterocycles. The zero-order valence-electron chi connectivity index (χ0n) is 24.3. The van der Waals surface area contributed by atoms with Crippen LogP contribution in [-0.2, 0) is 19.2 Å². The van der Waals surface area contributed by atoms with Crippen LogP contribution in [0, 0.1) is 53.8 Å². The molecule has 0 radical (unpaired) electrons. The third-order valence-corrected chi connectivity index (χ3v) is 11.7. The molecule has 15 heteroatoms. The van der Waals surface area contributed by atoms with Crippen LogP contribution in [0.1, 0.15) is 29.9 Å². The lowest BCUT2D eigenvalue weighted by Crippen LogP contribution is -2.60. The first kappa shape index (κ1) is 32.5. The Morgan fingerprint density at radius 3 is 2.00 bits per heavy atom. The second-order valence-corrected chi connectivity index (χ2v) is 13.9. The molecule has 7 nitrogen and oxygen atoms in total. The van der Waals surface area contributed by atoms with Crippen molar-refractivity contribution in [2.75, 3.05) is 9.80 Å². The monoisotopic (exact) mass is 724 g/mol. The molecule has 4 aliphatic rings. The van der Waals surface area contributed by atoms with Crippen molar-refractivity contribution in [3.8, 4) is 5.75 Å². The zero-order chi connectivity index (χ0) is 34.8. The van der Waals surface area contributed by atoms with E-state index in [1.54, 1.807) is 19.1 Å². The number of amides is 4. The maximum atomic E-state index is 15.1. The number of carbonyl (C=O) groups is 4. The first-order chi connectivity index (χ1) is 22.6. The number of fused-ring (bicyclic) bond motifs is 4. The van der Waals surface area contributed by atoms with Gasteiger partial charge in [0.1, 0.15) is 11.4 Å². The van der Waals surface area contributed by atoms with Gasteiger partial charge in [-0.25, -0.2) is 31.8 Å². The number of imide groups is 2. The van der Waals surface area contributed by atoms with Gasteiger partial charge >= 0.3 is 0 Å². The predicted molar refractivity (Wildman–Crippen MR) is 163 cm³/mol. The second-order valence-electron chi connectivity index (χ2n) is 12.2. The number of allylic oxidation sites excluding steroid dienone is 2. The maximum absolute atomic E-state index is 15.1. The second kappa shape index (κ2) is 10.8. The summed E-state index contributed by atoms with van der Waals surface area (Å²) in [4.78, 5) is 51.7. The molecular weight excluding hydrogens is 706 g/mol. The Hall–Kier alpha value is -4.00. The first-order valence-electron chi connectivity index (χ1n) is 14.5. The number of halogens is 8. The molecule has 4 amide bonds. The normalized spacial score (nSPS) is 29.6. The number of nitrogens with zero attached hydrogens (tertiary/aromatic N) is 2. The van der Waals surface area contributed by atoms with E-state index in [2.05, 4.69) is 0 Å². The van der Waals surface area contributed by atoms with Crippen LogP contribution in [-0.4, -0.2) is 38.5 Å². The van der Waals surface area contributed by atoms with E-state index in [0.717, 1.165) is 4.90 Å². The Morgan fingerprint density at radius 2 is 1.40 bits per heavy atom. The van der Waals surface area contributed by atoms with Gasteiger partial charge < -0.3 is 5.11 Å². The van der Waals surface area contributed by atoms with E-state index in [1.807, 2.05) is 0 Å². The van der Waals surface area contributed by atoms with Crippen LogP contribution in [0.2, 0.25) is 5.02 Å². The molecule has 6 atom stereocenters. The van der Waals surface area contributed by atoms with Crippen LogP contribution >= 0.6 is 34.8 Å². The summed E-state index contributed by atoms with van der Waals surface area (Å²) < 4.78 is 72.9. The lowest BCUT2D eigenvalue weighted by atomic mass is 9.56. The number of aryl methyl sites for hydroxylation is 1. The number of aromatic hydroxyl groups is 1. The highest BCUT2D eigenvalue weighted by Crippen LogP contribution is 2.66. The van der Waals surface area contributed by atoms with Crippen molar-refractivity contribution >= 4 is 69.8 Å². The van der Waals surface area contributed by atoms with Crippen molar-refractivity contribution in [2.24, 2.45) is 17.8 Å². The quantitative estimate of drug-likeness (QED) is 0.0800. The molecule has 0 bridgehead atoms. The van der Waals surface area contributed by atoms with Gasteiger partial charge in [-0.15, -0.1) is 23.2 Å². The zero-order valence-corrected chi connectivity index (χ0v) is 26.6. The van der Waals surface area contributed by atoms with Gasteiger partial charge in [-0.1, -0.05) is 41.4 Å². The summed E-state index contributed by atoms with van der Waals surface area (Å²) in [6, 6.07) is 9.77. The minimum absolute atomic E-state index is 0.0164. The van der Waals surface area contributed by atoms with Gasteiger partial charge in [0.25, 0.3) is 11.8 Å². The molecule has 248 valence electrons. The van der Waals surface area contributed by atoms with Crippen LogP contribution in [0.5, 0.6) is 5.75 Å². The fourth-order valence-corrected chi connectivity index (χ4v) is 8.69. The van der Waals surface area contributed by atoms with Crippen LogP contribution in [0.25, 0.3) is 0 Å². The summed E-state index contributed by atoms with van der Waals surface area (Å²) in [5.74, 6) is -21.5. The van der Waals surface area contributed by atoms with E-state index >= 15 is 8.78 Å². The molecule has 1 saturated carbocycles. The molecule has 48 heavy (non-hydrogen) atoms. The molecule has 0 aromatic heterocycles. The Bertz CT molecular complexity index is 2020. The Labute approximate surface area is 283 Å². The Balaban J connectivity index is 1.41. The lowest BCUT2D eigenvalue weighted by molar-refractivity contribution is -0.125. The molecule has 3 fully saturated rings. The molecule has 2 aliphatic carbocycles. The SMILES string of the molecule is Cc1ccc(N2C(=O)[C@H]3[C@H](CC=C4[C@H]3C[C@@]3(Cl)C(=O)N(c5c(F)c(F)c(F)c(F)c5F)C(=O)[C@@]3(Cl)[C@H]4c3ccc(O)cc3)C2=O)cc1Cl. The van der Waals surface area contributed by atoms with Crippen LogP contribution in [0.15, 0.2) is 54.1 Å². The topological polar surface area (TPSA) is 95.0 Å². The number of benzene rings is 3. The minimum atomic E-state index is -2.65. The third-order valence-electron chi connectivity index (χ3n) is 9.86. The average Bonchev–Trinajstić information content (AvgIpc) is 3.39. The number of hydrogen-bond donors (Lipinski definition) is 1. The van der Waals surface area contributed by atoms with Gasteiger partial charge in [-0.3, -0.25) is 19.2 Å². The fraction of sp³-hybridized carbons (Fsp3) is 0.273. The molecule has 1 N–H and O–H groups in total. The Morgan fingerprint density at radius 1 is 0.792 bits per heavy atom. The molecule has 2 heterocycles. The van der Waals surface area contributed by atoms with Gasteiger partial charge in [-0.05, 0) is 61.1 Å². The predicted octanol–water partition coefficient (Wildman–Crippen LogP) is 6.82. The highest BCUT2D eigenvalue weighted by molar-refractivity contribution is 6.58. The molecule has 3 aromatic rings. The minimum Gasteiger partial charge on any atom is -0.508 e. The fourth-order valence-electron chi connectivity index (χ4n) is 7.58. The average molecular weight is 726 g/mol. The van der Waals surface area contributed by atoms with Crippen LogP contribution in [0.3, 0.4) is 0 Å². The van der Waals surface area contributed by atoms with Crippen LogP contribution < -0.4 is 9.80 Å². The summed E-state index contributed by atoms with van der Waals surface area (Å²) in [5.41, 5.74) is -0.514. The summed E-state index contributed by atoms with van der Waals surface area (Å²) in [5, 5.41) is 10.3. The molecular formula is C33H20Cl3F5N2O5. The van der Waals surface area contributed by atoms with E-state index in [0.29, 0.717) is 16.2 Å². The largest absolute Gasteiger partial charge is 0.508 e. The van der Waals surface area contributed by atoms with Gasteiger partial charge in [0, 0.05) is 10.9 Å². The Kier molecular flexibility index (Phi) is 7.29. The van der Waals surface area contributed by atoms with E-state index in [4.69, 9.17) is 34.8 Å². The van der Waals surface area contributed by atoms with E-state index in [9.17, 15) is 37.5 Å². The number of carbonyl (C=O) groups excluding carboxylic acids is 4. The van der Waals surface area contributed by atoms with Crippen molar-refractivity contribution in [2.45, 2.75) is 35.4 Å². The van der Waals surface area contributed by atoms with Gasteiger partial charge in [-0.2, -0.15) is 0 Å². The highest BCUT2D eigenvalue weighted by Gasteiger charge is 2.77. The number of rotatable bonds is 3. The van der Waals surface area contributed by atoms with Crippen molar-refractivity contribution in [1.29, 1.82) is 0 Å². The number of hydrogen-bond acceptors (Lipinski definition) is 5. The first-order valence-corrected chi connectivity index (χ1v) is 15.6. The number of anilines is 2. The molecule has 0 spiro atoms. The molecule has 3 aromatic carbocycles. The third kappa shape index (κ3) is 4.05. The van der Waals surface area contributed by atoms with Crippen molar-refractivity contribution in [3.63, 3.8) is 0 Å². The molecule has 0 unspecified atom stereocenters. The van der Waals surface area contributed by atoms with Crippen molar-refractivity contribution in [3.05, 3.63) is 99.3 Å². The summed E-state index contributed by atoms with van der Waals surface area (Å²) >= 11 is 20.4. The molecule has 7 rings (SSSR count). The van der Waals surface area contributed by atoms with Crippen molar-refractivity contribution in [1.82, 2.24) is 0 Å². The summed E-state index contributed by atoms with van der Waals surface area (Å²) in [7, 11) is 0. The lowest BCUT2D eigenvalue weighted by Gasteiger charge is -2.50. The van der Waals surface area contributed by atoms with E-state index in [-0.39, 0.29) is 28.3 Å².